The molecule has 0 amide bonds. The van der Waals surface area contributed by atoms with Crippen molar-refractivity contribution in [2.75, 3.05) is 18.0 Å². The van der Waals surface area contributed by atoms with E-state index in [1.54, 1.807) is 12.1 Å². The van der Waals surface area contributed by atoms with Crippen molar-refractivity contribution in [1.29, 1.82) is 0 Å². The fraction of sp³-hybridized carbons (Fsp3) is 0.625. The largest absolute Gasteiger partial charge is 0.416 e. The van der Waals surface area contributed by atoms with Crippen LogP contribution in [0.2, 0.25) is 0 Å². The number of hydrogen-bond donors (Lipinski definition) is 1. The minimum atomic E-state index is -4.29. The summed E-state index contributed by atoms with van der Waals surface area (Å²) < 4.78 is 39.1. The van der Waals surface area contributed by atoms with Crippen molar-refractivity contribution in [2.45, 2.75) is 51.9 Å². The van der Waals surface area contributed by atoms with Gasteiger partial charge in [0.25, 0.3) is 0 Å². The fourth-order valence-corrected chi connectivity index (χ4v) is 2.83. The molecule has 2 rings (SSSR count). The Morgan fingerprint density at radius 3 is 2.19 bits per heavy atom. The molecule has 0 saturated carbocycles. The molecule has 2 nitrogen and oxygen atoms in total. The second kappa shape index (κ2) is 6.26. The Kier molecular flexibility index (Phi) is 4.81. The maximum absolute atomic E-state index is 13.0. The molecule has 1 aromatic rings. The molecule has 1 aliphatic heterocycles. The summed E-state index contributed by atoms with van der Waals surface area (Å²) in [5.74, 6) is 0. The fourth-order valence-electron chi connectivity index (χ4n) is 2.83. The van der Waals surface area contributed by atoms with E-state index in [4.69, 9.17) is 0 Å². The maximum Gasteiger partial charge on any atom is 0.416 e. The number of nitrogens with one attached hydrogen (secondary N) is 1. The lowest BCUT2D eigenvalue weighted by molar-refractivity contribution is -0.138. The predicted molar refractivity (Wildman–Crippen MR) is 79.7 cm³/mol. The molecular weight excluding hydrogens is 277 g/mol. The van der Waals surface area contributed by atoms with Crippen LogP contribution in [0.1, 0.15) is 37.8 Å². The van der Waals surface area contributed by atoms with Gasteiger partial charge in [0.2, 0.25) is 0 Å². The van der Waals surface area contributed by atoms with Gasteiger partial charge in [-0.3, -0.25) is 0 Å². The second-order valence-corrected chi connectivity index (χ2v) is 6.03. The number of nitrogens with zero attached hydrogens (tertiary/aromatic N) is 1. The van der Waals surface area contributed by atoms with Crippen LogP contribution in [0.3, 0.4) is 0 Å². The molecule has 0 spiro atoms. The summed E-state index contributed by atoms with van der Waals surface area (Å²) in [5, 5.41) is 3.49. The lowest BCUT2D eigenvalue weighted by Crippen LogP contribution is -2.43. The summed E-state index contributed by atoms with van der Waals surface area (Å²) in [6.07, 6.45) is -2.43. The lowest BCUT2D eigenvalue weighted by atomic mass is 10.0. The van der Waals surface area contributed by atoms with E-state index in [2.05, 4.69) is 24.1 Å². The van der Waals surface area contributed by atoms with Crippen LogP contribution < -0.4 is 10.2 Å². The molecule has 0 bridgehead atoms. The Bertz CT molecular complexity index is 473. The van der Waals surface area contributed by atoms with Gasteiger partial charge in [-0.2, -0.15) is 13.2 Å². The molecule has 2 unspecified atom stereocenters. The number of aryl methyl sites for hydroxylation is 1. The van der Waals surface area contributed by atoms with Crippen LogP contribution in [0.5, 0.6) is 0 Å². The summed E-state index contributed by atoms with van der Waals surface area (Å²) in [6.45, 7) is 7.31. The van der Waals surface area contributed by atoms with Gasteiger partial charge in [0.05, 0.1) is 5.56 Å². The number of halogens is 3. The van der Waals surface area contributed by atoms with Crippen LogP contribution in [0.4, 0.5) is 18.9 Å². The molecule has 1 N–H and O–H groups in total. The Morgan fingerprint density at radius 1 is 1.10 bits per heavy atom. The number of rotatable bonds is 1. The molecule has 1 saturated heterocycles. The highest BCUT2D eigenvalue weighted by molar-refractivity contribution is 5.51. The average molecular weight is 300 g/mol. The van der Waals surface area contributed by atoms with Gasteiger partial charge in [-0.15, -0.1) is 0 Å². The van der Waals surface area contributed by atoms with E-state index in [0.717, 1.165) is 25.9 Å². The number of alkyl halides is 3. The standard InChI is InChI=1S/C16H23F3N2/c1-11-4-5-14(10-15(11)16(17,18)19)21-8-6-12(2)20-13(3)7-9-21/h4-5,10,12-13,20H,6-9H2,1-3H3. The Balaban J connectivity index is 2.24. The van der Waals surface area contributed by atoms with Gasteiger partial charge in [0, 0.05) is 30.9 Å². The molecule has 2 atom stereocenters. The number of benzene rings is 1. The second-order valence-electron chi connectivity index (χ2n) is 6.03. The van der Waals surface area contributed by atoms with Crippen LogP contribution >= 0.6 is 0 Å². The lowest BCUT2D eigenvalue weighted by Gasteiger charge is -2.32. The molecule has 1 aliphatic rings. The highest BCUT2D eigenvalue weighted by Gasteiger charge is 2.33. The topological polar surface area (TPSA) is 15.3 Å². The highest BCUT2D eigenvalue weighted by Crippen LogP contribution is 2.34. The summed E-state index contributed by atoms with van der Waals surface area (Å²) in [4.78, 5) is 2.07. The molecule has 21 heavy (non-hydrogen) atoms. The predicted octanol–water partition coefficient (Wildman–Crippen LogP) is 3.98. The van der Waals surface area contributed by atoms with Crippen molar-refractivity contribution in [3.05, 3.63) is 29.3 Å². The van der Waals surface area contributed by atoms with Crippen LogP contribution in [0, 0.1) is 6.92 Å². The summed E-state index contributed by atoms with van der Waals surface area (Å²) in [7, 11) is 0. The van der Waals surface area contributed by atoms with Crippen molar-refractivity contribution in [3.8, 4) is 0 Å². The van der Waals surface area contributed by atoms with Gasteiger partial charge >= 0.3 is 6.18 Å². The first kappa shape index (κ1) is 16.1. The third-order valence-electron chi connectivity index (χ3n) is 4.12. The third kappa shape index (κ3) is 4.13. The summed E-state index contributed by atoms with van der Waals surface area (Å²) in [5.41, 5.74) is 0.428. The van der Waals surface area contributed by atoms with Gasteiger partial charge in [0.15, 0.2) is 0 Å². The molecule has 118 valence electrons. The van der Waals surface area contributed by atoms with Crippen molar-refractivity contribution in [2.24, 2.45) is 0 Å². The van der Waals surface area contributed by atoms with Gasteiger partial charge in [0.1, 0.15) is 0 Å². The SMILES string of the molecule is Cc1ccc(N2CCC(C)NC(C)CC2)cc1C(F)(F)F. The first-order chi connectivity index (χ1) is 9.77. The smallest absolute Gasteiger partial charge is 0.371 e. The number of hydrogen-bond acceptors (Lipinski definition) is 2. The highest BCUT2D eigenvalue weighted by atomic mass is 19.4. The van der Waals surface area contributed by atoms with Crippen molar-refractivity contribution >= 4 is 5.69 Å². The van der Waals surface area contributed by atoms with E-state index in [9.17, 15) is 13.2 Å². The minimum Gasteiger partial charge on any atom is -0.371 e. The van der Waals surface area contributed by atoms with Gasteiger partial charge in [-0.25, -0.2) is 0 Å². The zero-order valence-corrected chi connectivity index (χ0v) is 12.8. The monoisotopic (exact) mass is 300 g/mol. The van der Waals surface area contributed by atoms with Crippen molar-refractivity contribution < 1.29 is 13.2 Å². The Morgan fingerprint density at radius 2 is 1.67 bits per heavy atom. The minimum absolute atomic E-state index is 0.279. The van der Waals surface area contributed by atoms with E-state index in [1.807, 2.05) is 0 Å². The molecule has 1 aromatic carbocycles. The summed E-state index contributed by atoms with van der Waals surface area (Å²) >= 11 is 0. The van der Waals surface area contributed by atoms with E-state index < -0.39 is 11.7 Å². The summed E-state index contributed by atoms with van der Waals surface area (Å²) in [6, 6.07) is 5.43. The Labute approximate surface area is 124 Å². The first-order valence-corrected chi connectivity index (χ1v) is 7.46. The van der Waals surface area contributed by atoms with Gasteiger partial charge in [-0.05, 0) is 51.3 Å². The molecule has 5 heteroatoms. The van der Waals surface area contributed by atoms with Gasteiger partial charge in [-0.1, -0.05) is 6.07 Å². The maximum atomic E-state index is 13.0. The first-order valence-electron chi connectivity index (χ1n) is 7.46. The van der Waals surface area contributed by atoms with E-state index in [-0.39, 0.29) is 5.56 Å². The molecule has 0 aliphatic carbocycles. The molecule has 0 radical (unpaired) electrons. The molecular formula is C16H23F3N2. The molecule has 0 aromatic heterocycles. The van der Waals surface area contributed by atoms with E-state index >= 15 is 0 Å². The average Bonchev–Trinajstić information content (AvgIpc) is 2.36. The van der Waals surface area contributed by atoms with Crippen LogP contribution in [0.15, 0.2) is 18.2 Å². The zero-order chi connectivity index (χ0) is 15.6. The van der Waals surface area contributed by atoms with Crippen molar-refractivity contribution in [1.82, 2.24) is 5.32 Å². The van der Waals surface area contributed by atoms with Gasteiger partial charge < -0.3 is 10.2 Å². The van der Waals surface area contributed by atoms with Crippen molar-refractivity contribution in [3.63, 3.8) is 0 Å². The normalized spacial score (nSPS) is 24.6. The molecule has 1 heterocycles. The van der Waals surface area contributed by atoms with Crippen LogP contribution in [-0.4, -0.2) is 25.2 Å². The Hall–Kier alpha value is -1.23. The number of anilines is 1. The van der Waals surface area contributed by atoms with Crippen LogP contribution in [0.25, 0.3) is 0 Å². The molecule has 1 fully saturated rings. The van der Waals surface area contributed by atoms with Crippen LogP contribution in [-0.2, 0) is 6.18 Å². The quantitative estimate of drug-likeness (QED) is 0.844. The van der Waals surface area contributed by atoms with E-state index in [1.165, 1.54) is 13.0 Å². The third-order valence-corrected chi connectivity index (χ3v) is 4.12. The zero-order valence-electron chi connectivity index (χ0n) is 12.8. The van der Waals surface area contributed by atoms with E-state index in [0.29, 0.717) is 17.8 Å².